The van der Waals surface area contributed by atoms with Crippen molar-refractivity contribution in [3.05, 3.63) is 136 Å². The molecule has 1 aliphatic heterocycles. The molecule has 0 radical (unpaired) electrons. The van der Waals surface area contributed by atoms with E-state index in [0.29, 0.717) is 23.6 Å². The number of thioether (sulfide) groups is 1. The van der Waals surface area contributed by atoms with E-state index in [0.717, 1.165) is 27.3 Å². The molecule has 184 valence electrons. The van der Waals surface area contributed by atoms with Gasteiger partial charge in [-0.3, -0.25) is 9.59 Å². The lowest BCUT2D eigenvalue weighted by Crippen LogP contribution is -2.33. The predicted octanol–water partition coefficient (Wildman–Crippen LogP) is 6.74. The number of carbonyl (C=O) groups excluding carboxylic acids is 2. The van der Waals surface area contributed by atoms with Crippen LogP contribution < -0.4 is 10.2 Å². The van der Waals surface area contributed by atoms with Crippen LogP contribution in [0.15, 0.2) is 107 Å². The number of para-hydroxylation sites is 1. The first kappa shape index (κ1) is 24.5. The summed E-state index contributed by atoms with van der Waals surface area (Å²) in [5.41, 5.74) is 5.28. The Morgan fingerprint density at radius 1 is 0.892 bits per heavy atom. The Morgan fingerprint density at radius 2 is 1.57 bits per heavy atom. The molecule has 0 aliphatic carbocycles. The lowest BCUT2D eigenvalue weighted by atomic mass is 10.1. The topological polar surface area (TPSA) is 49.4 Å². The van der Waals surface area contributed by atoms with Crippen LogP contribution in [0.1, 0.15) is 32.6 Å². The van der Waals surface area contributed by atoms with Gasteiger partial charge in [0.2, 0.25) is 0 Å². The third-order valence-electron chi connectivity index (χ3n) is 6.13. The number of amides is 2. The molecule has 2 amide bonds. The molecule has 0 saturated heterocycles. The van der Waals surface area contributed by atoms with Crippen molar-refractivity contribution in [1.82, 2.24) is 5.32 Å². The van der Waals surface area contributed by atoms with Gasteiger partial charge in [-0.1, -0.05) is 78.0 Å². The summed E-state index contributed by atoms with van der Waals surface area (Å²) in [6.07, 6.45) is 1.84. The van der Waals surface area contributed by atoms with Crippen LogP contribution in [-0.4, -0.2) is 11.8 Å². The zero-order chi connectivity index (χ0) is 25.8. The van der Waals surface area contributed by atoms with Crippen LogP contribution in [0.25, 0.3) is 6.08 Å². The second kappa shape index (κ2) is 10.8. The first-order valence-electron chi connectivity index (χ1n) is 11.9. The third kappa shape index (κ3) is 5.81. The number of halogens is 1. The summed E-state index contributed by atoms with van der Waals surface area (Å²) in [5, 5.41) is 2.94. The van der Waals surface area contributed by atoms with E-state index < -0.39 is 0 Å². The molecule has 0 spiro atoms. The van der Waals surface area contributed by atoms with Crippen LogP contribution in [0.5, 0.6) is 0 Å². The van der Waals surface area contributed by atoms with Crippen LogP contribution in [0.2, 0.25) is 0 Å². The Bertz CT molecular complexity index is 1460. The minimum absolute atomic E-state index is 0.118. The van der Waals surface area contributed by atoms with Gasteiger partial charge in [0.1, 0.15) is 5.82 Å². The summed E-state index contributed by atoms with van der Waals surface area (Å²) in [6.45, 7) is 2.83. The molecule has 6 heteroatoms. The summed E-state index contributed by atoms with van der Waals surface area (Å²) >= 11 is 1.42. The molecule has 0 atom stereocenters. The molecule has 4 nitrogen and oxygen atoms in total. The lowest BCUT2D eigenvalue weighted by Gasteiger charge is -2.30. The van der Waals surface area contributed by atoms with Gasteiger partial charge in [0, 0.05) is 17.0 Å². The van der Waals surface area contributed by atoms with E-state index in [-0.39, 0.29) is 17.6 Å². The summed E-state index contributed by atoms with van der Waals surface area (Å²) in [6, 6.07) is 29.2. The smallest absolute Gasteiger partial charge is 0.265 e. The quantitative estimate of drug-likeness (QED) is 0.293. The van der Waals surface area contributed by atoms with Gasteiger partial charge in [-0.15, -0.1) is 0 Å². The summed E-state index contributed by atoms with van der Waals surface area (Å²) in [5.74, 6) is -0.576. The zero-order valence-electron chi connectivity index (χ0n) is 20.3. The van der Waals surface area contributed by atoms with Crippen molar-refractivity contribution >= 4 is 35.3 Å². The second-order valence-electron chi connectivity index (χ2n) is 8.89. The number of anilines is 1. The van der Waals surface area contributed by atoms with E-state index >= 15 is 0 Å². The predicted molar refractivity (Wildman–Crippen MR) is 147 cm³/mol. The highest BCUT2D eigenvalue weighted by molar-refractivity contribution is 8.04. The summed E-state index contributed by atoms with van der Waals surface area (Å²) in [4.78, 5) is 29.4. The first-order chi connectivity index (χ1) is 18.0. The molecule has 5 rings (SSSR count). The van der Waals surface area contributed by atoms with E-state index in [1.54, 1.807) is 29.2 Å². The van der Waals surface area contributed by atoms with Gasteiger partial charge < -0.3 is 10.2 Å². The minimum atomic E-state index is -0.308. The molecule has 0 unspecified atom stereocenters. The fraction of sp³-hybridized carbons (Fsp3) is 0.0968. The number of aryl methyl sites for hydroxylation is 1. The molecule has 4 aromatic rings. The van der Waals surface area contributed by atoms with Gasteiger partial charge >= 0.3 is 0 Å². The Labute approximate surface area is 219 Å². The van der Waals surface area contributed by atoms with Crippen LogP contribution in [0.3, 0.4) is 0 Å². The molecule has 0 aromatic heterocycles. The Balaban J connectivity index is 1.32. The van der Waals surface area contributed by atoms with Crippen molar-refractivity contribution < 1.29 is 14.0 Å². The maximum absolute atomic E-state index is 13.5. The van der Waals surface area contributed by atoms with Gasteiger partial charge in [0.05, 0.1) is 17.1 Å². The molecular formula is C31H25FN2O2S. The second-order valence-corrected chi connectivity index (χ2v) is 9.97. The standard InChI is InChI=1S/C31H25FN2O2S/c1-21-6-8-23(9-7-21)19-33-30(35)25-14-10-22(11-15-25)18-29-31(36)34(20-24-12-16-26(32)17-13-24)27-4-2-3-5-28(27)37-29/h2-18H,19-20H2,1H3,(H,33,35)/b29-18-. The van der Waals surface area contributed by atoms with Crippen LogP contribution in [-0.2, 0) is 17.9 Å². The van der Waals surface area contributed by atoms with Gasteiger partial charge in [-0.2, -0.15) is 0 Å². The number of rotatable bonds is 6. The van der Waals surface area contributed by atoms with Crippen LogP contribution >= 0.6 is 11.8 Å². The van der Waals surface area contributed by atoms with Crippen LogP contribution in [0, 0.1) is 12.7 Å². The highest BCUT2D eigenvalue weighted by Gasteiger charge is 2.29. The molecule has 37 heavy (non-hydrogen) atoms. The van der Waals surface area contributed by atoms with Gasteiger partial charge in [0.25, 0.3) is 11.8 Å². The molecular weight excluding hydrogens is 483 g/mol. The Kier molecular flexibility index (Phi) is 7.19. The van der Waals surface area contributed by atoms with E-state index in [4.69, 9.17) is 0 Å². The fourth-order valence-electron chi connectivity index (χ4n) is 4.06. The van der Waals surface area contributed by atoms with Crippen molar-refractivity contribution in [2.75, 3.05) is 4.90 Å². The third-order valence-corrected chi connectivity index (χ3v) is 7.21. The molecule has 0 bridgehead atoms. The Hall–Kier alpha value is -4.16. The number of hydrogen-bond donors (Lipinski definition) is 1. The maximum Gasteiger partial charge on any atom is 0.265 e. The van der Waals surface area contributed by atoms with Crippen molar-refractivity contribution in [2.45, 2.75) is 24.9 Å². The monoisotopic (exact) mass is 508 g/mol. The maximum atomic E-state index is 13.5. The average Bonchev–Trinajstić information content (AvgIpc) is 2.92. The number of carbonyl (C=O) groups is 2. The molecule has 0 saturated carbocycles. The van der Waals surface area contributed by atoms with E-state index in [2.05, 4.69) is 5.32 Å². The normalized spacial score (nSPS) is 13.9. The number of benzene rings is 4. The van der Waals surface area contributed by atoms with Gasteiger partial charge in [-0.05, 0) is 66.1 Å². The number of nitrogens with zero attached hydrogens (tertiary/aromatic N) is 1. The molecule has 4 aromatic carbocycles. The van der Waals surface area contributed by atoms with Gasteiger partial charge in [0.15, 0.2) is 0 Å². The lowest BCUT2D eigenvalue weighted by molar-refractivity contribution is -0.114. The highest BCUT2D eigenvalue weighted by Crippen LogP contribution is 2.42. The Morgan fingerprint density at radius 3 is 2.30 bits per heavy atom. The number of hydrogen-bond acceptors (Lipinski definition) is 3. The first-order valence-corrected chi connectivity index (χ1v) is 12.8. The SMILES string of the molecule is Cc1ccc(CNC(=O)c2ccc(/C=C3\Sc4ccccc4N(Cc4ccc(F)cc4)C3=O)cc2)cc1. The average molecular weight is 509 g/mol. The zero-order valence-corrected chi connectivity index (χ0v) is 21.1. The summed E-state index contributed by atoms with van der Waals surface area (Å²) < 4.78 is 13.4. The van der Waals surface area contributed by atoms with Crippen molar-refractivity contribution in [1.29, 1.82) is 0 Å². The highest BCUT2D eigenvalue weighted by atomic mass is 32.2. The molecule has 1 aliphatic rings. The van der Waals surface area contributed by atoms with Crippen molar-refractivity contribution in [2.24, 2.45) is 0 Å². The molecule has 1 heterocycles. The fourth-order valence-corrected chi connectivity index (χ4v) is 5.12. The van der Waals surface area contributed by atoms with Crippen molar-refractivity contribution in [3.63, 3.8) is 0 Å². The molecule has 1 N–H and O–H groups in total. The molecule has 0 fully saturated rings. The van der Waals surface area contributed by atoms with Crippen molar-refractivity contribution in [3.8, 4) is 0 Å². The summed E-state index contributed by atoms with van der Waals surface area (Å²) in [7, 11) is 0. The van der Waals surface area contributed by atoms with Crippen LogP contribution in [0.4, 0.5) is 10.1 Å². The largest absolute Gasteiger partial charge is 0.348 e. The van der Waals surface area contributed by atoms with Gasteiger partial charge in [-0.25, -0.2) is 4.39 Å². The van der Waals surface area contributed by atoms with E-state index in [9.17, 15) is 14.0 Å². The number of fused-ring (bicyclic) bond motifs is 1. The van der Waals surface area contributed by atoms with E-state index in [1.165, 1.54) is 29.5 Å². The van der Waals surface area contributed by atoms with E-state index in [1.807, 2.05) is 73.7 Å². The number of nitrogens with one attached hydrogen (secondary N) is 1. The minimum Gasteiger partial charge on any atom is -0.348 e.